The highest BCUT2D eigenvalue weighted by molar-refractivity contribution is 5.98. The van der Waals surface area contributed by atoms with E-state index in [1.807, 2.05) is 13.8 Å². The summed E-state index contributed by atoms with van der Waals surface area (Å²) in [4.78, 5) is 11.0. The maximum atomic E-state index is 13.9. The number of anilines is 1. The van der Waals surface area contributed by atoms with Gasteiger partial charge < -0.3 is 21.6 Å². The molecule has 0 radical (unpaired) electrons. The van der Waals surface area contributed by atoms with Crippen LogP contribution < -0.4 is 11.5 Å². The van der Waals surface area contributed by atoms with Gasteiger partial charge in [-0.3, -0.25) is 0 Å². The number of rotatable bonds is 6. The number of hydrogen-bond acceptors (Lipinski definition) is 4. The van der Waals surface area contributed by atoms with Gasteiger partial charge in [0, 0.05) is 17.0 Å². The molecule has 0 spiro atoms. The largest absolute Gasteiger partial charge is 0.443 e. The fourth-order valence-corrected chi connectivity index (χ4v) is 2.42. The summed E-state index contributed by atoms with van der Waals surface area (Å²) in [6.45, 7) is 7.39. The smallest absolute Gasteiger partial charge is 0.405 e. The van der Waals surface area contributed by atoms with Gasteiger partial charge in [0.25, 0.3) is 0 Å². The fourth-order valence-electron chi connectivity index (χ4n) is 2.42. The number of benzene rings is 1. The number of nitrogen functional groups attached to an aromatic ring is 1. The Hall–Kier alpha value is -2.11. The van der Waals surface area contributed by atoms with Crippen LogP contribution in [-0.2, 0) is 4.74 Å². The zero-order valence-corrected chi connectivity index (χ0v) is 13.4. The number of halogens is 1. The maximum Gasteiger partial charge on any atom is 0.405 e. The van der Waals surface area contributed by atoms with E-state index < -0.39 is 17.5 Å². The van der Waals surface area contributed by atoms with E-state index in [9.17, 15) is 9.18 Å². The van der Waals surface area contributed by atoms with Crippen molar-refractivity contribution in [2.45, 2.75) is 39.7 Å². The van der Waals surface area contributed by atoms with Crippen molar-refractivity contribution in [3.8, 4) is 0 Å². The summed E-state index contributed by atoms with van der Waals surface area (Å²) in [6.07, 6.45) is -0.475. The molecule has 5 nitrogen and oxygen atoms in total. The number of hydrogen-bond donors (Lipinski definition) is 3. The minimum absolute atomic E-state index is 0.00111. The summed E-state index contributed by atoms with van der Waals surface area (Å²) in [5.74, 6) is -0.562. The van der Waals surface area contributed by atoms with E-state index in [-0.39, 0.29) is 23.1 Å². The molecular formula is C16H24FN3O2. The lowest BCUT2D eigenvalue weighted by molar-refractivity contribution is -0.0122. The molecule has 1 unspecified atom stereocenters. The zero-order chi connectivity index (χ0) is 17.1. The van der Waals surface area contributed by atoms with Gasteiger partial charge in [-0.05, 0) is 50.3 Å². The summed E-state index contributed by atoms with van der Waals surface area (Å²) in [5, 5.41) is 8.10. The van der Waals surface area contributed by atoms with Gasteiger partial charge in [0.2, 0.25) is 0 Å². The Labute approximate surface area is 130 Å². The number of carbonyl (C=O) groups is 1. The fraction of sp³-hybridized carbons (Fsp3) is 0.500. The number of ether oxygens (including phenoxy) is 1. The molecule has 5 N–H and O–H groups in total. The minimum atomic E-state index is -0.830. The molecule has 0 aliphatic carbocycles. The minimum Gasteiger partial charge on any atom is -0.443 e. The maximum absolute atomic E-state index is 13.9. The molecule has 2 atom stereocenters. The summed E-state index contributed by atoms with van der Waals surface area (Å²) >= 11 is 0. The van der Waals surface area contributed by atoms with E-state index in [0.717, 1.165) is 0 Å². The molecule has 0 saturated heterocycles. The Balaban J connectivity index is 2.81. The molecule has 22 heavy (non-hydrogen) atoms. The Morgan fingerprint density at radius 3 is 2.50 bits per heavy atom. The molecule has 0 bridgehead atoms. The third-order valence-corrected chi connectivity index (χ3v) is 4.16. The van der Waals surface area contributed by atoms with E-state index in [4.69, 9.17) is 21.6 Å². The van der Waals surface area contributed by atoms with Crippen LogP contribution in [0.5, 0.6) is 0 Å². The topological polar surface area (TPSA) is 102 Å². The van der Waals surface area contributed by atoms with E-state index in [1.54, 1.807) is 19.9 Å². The average Bonchev–Trinajstić information content (AvgIpc) is 2.35. The van der Waals surface area contributed by atoms with E-state index >= 15 is 0 Å². The van der Waals surface area contributed by atoms with Crippen LogP contribution in [0.2, 0.25) is 0 Å². The van der Waals surface area contributed by atoms with E-state index in [1.165, 1.54) is 12.1 Å². The van der Waals surface area contributed by atoms with Crippen LogP contribution in [0.1, 0.15) is 39.7 Å². The van der Waals surface area contributed by atoms with Crippen molar-refractivity contribution >= 4 is 17.5 Å². The quantitative estimate of drug-likeness (QED) is 0.555. The third-order valence-electron chi connectivity index (χ3n) is 4.16. The van der Waals surface area contributed by atoms with Crippen molar-refractivity contribution in [2.75, 3.05) is 5.73 Å². The third kappa shape index (κ3) is 4.44. The van der Waals surface area contributed by atoms with Crippen molar-refractivity contribution in [2.24, 2.45) is 17.6 Å². The van der Waals surface area contributed by atoms with Gasteiger partial charge in [-0.2, -0.15) is 0 Å². The summed E-state index contributed by atoms with van der Waals surface area (Å²) in [5.41, 5.74) is 10.6. The van der Waals surface area contributed by atoms with Crippen molar-refractivity contribution < 1.29 is 13.9 Å². The van der Waals surface area contributed by atoms with Gasteiger partial charge in [-0.15, -0.1) is 0 Å². The molecule has 0 aromatic heterocycles. The van der Waals surface area contributed by atoms with Crippen molar-refractivity contribution in [3.63, 3.8) is 0 Å². The second-order valence-corrected chi connectivity index (χ2v) is 6.21. The molecule has 6 heteroatoms. The number of nitrogens with one attached hydrogen (secondary N) is 1. The number of amides is 1. The van der Waals surface area contributed by atoms with Crippen LogP contribution in [0.4, 0.5) is 14.9 Å². The molecule has 0 fully saturated rings. The van der Waals surface area contributed by atoms with Crippen LogP contribution in [0.25, 0.3) is 0 Å². The lowest BCUT2D eigenvalue weighted by Gasteiger charge is -2.35. The lowest BCUT2D eigenvalue weighted by Crippen LogP contribution is -2.40. The molecule has 0 heterocycles. The molecule has 1 aromatic rings. The van der Waals surface area contributed by atoms with Crippen LogP contribution in [0.3, 0.4) is 0 Å². The molecular weight excluding hydrogens is 285 g/mol. The SMILES string of the molecule is CC([C@H](C)CC(=N)c1ccc(N)cc1F)C(C)(C)OC(N)=O. The highest BCUT2D eigenvalue weighted by Gasteiger charge is 2.33. The zero-order valence-electron chi connectivity index (χ0n) is 13.4. The molecule has 0 aliphatic heterocycles. The normalized spacial score (nSPS) is 14.2. The molecule has 1 rings (SSSR count). The Morgan fingerprint density at radius 2 is 2.00 bits per heavy atom. The highest BCUT2D eigenvalue weighted by Crippen LogP contribution is 2.31. The van der Waals surface area contributed by atoms with E-state index in [0.29, 0.717) is 12.1 Å². The van der Waals surface area contributed by atoms with Crippen molar-refractivity contribution in [1.29, 1.82) is 5.41 Å². The summed E-state index contributed by atoms with van der Waals surface area (Å²) < 4.78 is 19.0. The standard InChI is InChI=1S/C16H24FN3O2/c1-9(10(2)16(3,4)22-15(20)21)7-14(19)12-6-5-11(18)8-13(12)17/h5-6,8-10,19H,7,18H2,1-4H3,(H2,20,21)/t9-,10?/m1/s1. The first-order valence-corrected chi connectivity index (χ1v) is 7.16. The summed E-state index contributed by atoms with van der Waals surface area (Å²) in [6, 6.07) is 4.29. The molecule has 0 aliphatic rings. The molecule has 1 aromatic carbocycles. The average molecular weight is 309 g/mol. The van der Waals surface area contributed by atoms with E-state index in [2.05, 4.69) is 0 Å². The lowest BCUT2D eigenvalue weighted by atomic mass is 9.79. The van der Waals surface area contributed by atoms with Gasteiger partial charge in [0.1, 0.15) is 11.4 Å². The number of nitrogens with two attached hydrogens (primary N) is 2. The molecule has 0 saturated carbocycles. The molecule has 122 valence electrons. The van der Waals surface area contributed by atoms with Crippen LogP contribution in [0, 0.1) is 23.1 Å². The number of primary amides is 1. The predicted octanol–water partition coefficient (Wildman–Crippen LogP) is 3.31. The van der Waals surface area contributed by atoms with Gasteiger partial charge in [0.05, 0.1) is 0 Å². The number of carbonyl (C=O) groups excluding carboxylic acids is 1. The van der Waals surface area contributed by atoms with Gasteiger partial charge in [-0.1, -0.05) is 13.8 Å². The Morgan fingerprint density at radius 1 is 1.41 bits per heavy atom. The summed E-state index contributed by atoms with van der Waals surface area (Å²) in [7, 11) is 0. The van der Waals surface area contributed by atoms with Crippen LogP contribution >= 0.6 is 0 Å². The monoisotopic (exact) mass is 309 g/mol. The first-order valence-electron chi connectivity index (χ1n) is 7.16. The molecule has 1 amide bonds. The van der Waals surface area contributed by atoms with Crippen LogP contribution in [0.15, 0.2) is 18.2 Å². The highest BCUT2D eigenvalue weighted by atomic mass is 19.1. The van der Waals surface area contributed by atoms with Crippen molar-refractivity contribution in [3.05, 3.63) is 29.6 Å². The first kappa shape index (κ1) is 17.9. The second-order valence-electron chi connectivity index (χ2n) is 6.21. The van der Waals surface area contributed by atoms with Crippen molar-refractivity contribution in [1.82, 2.24) is 0 Å². The first-order chi connectivity index (χ1) is 10.0. The Kier molecular flexibility index (Phi) is 5.52. The second kappa shape index (κ2) is 6.77. The van der Waals surface area contributed by atoms with Crippen LogP contribution in [-0.4, -0.2) is 17.4 Å². The predicted molar refractivity (Wildman–Crippen MR) is 85.3 cm³/mol. The van der Waals surface area contributed by atoms with Gasteiger partial charge in [0.15, 0.2) is 0 Å². The van der Waals surface area contributed by atoms with Gasteiger partial charge >= 0.3 is 6.09 Å². The Bertz CT molecular complexity index is 573. The van der Waals surface area contributed by atoms with Gasteiger partial charge in [-0.25, -0.2) is 9.18 Å².